The molecule has 2 heterocycles. The van der Waals surface area contributed by atoms with E-state index in [0.717, 1.165) is 31.7 Å². The third kappa shape index (κ3) is 2.87. The van der Waals surface area contributed by atoms with Gasteiger partial charge >= 0.3 is 0 Å². The maximum absolute atomic E-state index is 5.66. The first-order valence-electron chi connectivity index (χ1n) is 5.10. The minimum atomic E-state index is 0.182. The summed E-state index contributed by atoms with van der Waals surface area (Å²) in [5.74, 6) is 0. The molecule has 0 aromatic carbocycles. The van der Waals surface area contributed by atoms with Crippen molar-refractivity contribution in [2.45, 2.75) is 25.4 Å². The summed E-state index contributed by atoms with van der Waals surface area (Å²) in [5.41, 5.74) is 1.11. The largest absolute Gasteiger partial charge is 0.315 e. The van der Waals surface area contributed by atoms with E-state index < -0.39 is 0 Å². The minimum absolute atomic E-state index is 0.182. The van der Waals surface area contributed by atoms with Gasteiger partial charge in [-0.3, -0.25) is 4.98 Å². The fourth-order valence-electron chi connectivity index (χ4n) is 1.70. The van der Waals surface area contributed by atoms with Crippen LogP contribution in [0.15, 0.2) is 12.4 Å². The maximum Gasteiger partial charge on any atom is 0.147 e. The topological polar surface area (TPSA) is 49.8 Å². The number of hydrogen-bond acceptors (Lipinski definition) is 4. The Hall–Kier alpha value is -0.710. The first-order chi connectivity index (χ1) is 7.18. The lowest BCUT2D eigenvalue weighted by molar-refractivity contribution is 0.383. The van der Waals surface area contributed by atoms with E-state index in [-0.39, 0.29) is 5.54 Å². The first kappa shape index (κ1) is 10.8. The fraction of sp³-hybridized carbons (Fsp3) is 0.600. The second kappa shape index (κ2) is 4.43. The van der Waals surface area contributed by atoms with Gasteiger partial charge in [0.25, 0.3) is 0 Å². The lowest BCUT2D eigenvalue weighted by Gasteiger charge is -2.24. The zero-order chi connectivity index (χ0) is 10.7. The molecule has 1 fully saturated rings. The molecule has 4 nitrogen and oxygen atoms in total. The van der Waals surface area contributed by atoms with Gasteiger partial charge in [-0.15, -0.1) is 0 Å². The highest BCUT2D eigenvalue weighted by Crippen LogP contribution is 2.13. The molecule has 0 bridgehead atoms. The Balaban J connectivity index is 1.90. The number of halogens is 1. The molecule has 5 heteroatoms. The van der Waals surface area contributed by atoms with Crippen LogP contribution in [0.4, 0.5) is 0 Å². The van der Waals surface area contributed by atoms with Crippen molar-refractivity contribution in [3.05, 3.63) is 23.2 Å². The Morgan fingerprint density at radius 3 is 3.00 bits per heavy atom. The summed E-state index contributed by atoms with van der Waals surface area (Å²) in [6.07, 6.45) is 4.43. The minimum Gasteiger partial charge on any atom is -0.315 e. The van der Waals surface area contributed by atoms with Crippen molar-refractivity contribution in [1.82, 2.24) is 20.6 Å². The molecule has 0 amide bonds. The molecule has 1 aliphatic rings. The average Bonchev–Trinajstić information content (AvgIpc) is 2.65. The highest BCUT2D eigenvalue weighted by molar-refractivity contribution is 6.29. The number of nitrogens with zero attached hydrogens (tertiary/aromatic N) is 2. The predicted octanol–water partition coefficient (Wildman–Crippen LogP) is 0.972. The zero-order valence-electron chi connectivity index (χ0n) is 8.76. The van der Waals surface area contributed by atoms with E-state index in [0.29, 0.717) is 5.15 Å². The maximum atomic E-state index is 5.66. The van der Waals surface area contributed by atoms with Crippen LogP contribution in [0.5, 0.6) is 0 Å². The standard InChI is InChI=1S/C10H15ClN4/c1-10(2-3-12-7-10)15-5-8-4-14-9(11)6-13-8/h4,6,12,15H,2-3,5,7H2,1H3. The van der Waals surface area contributed by atoms with Crippen molar-refractivity contribution < 1.29 is 0 Å². The van der Waals surface area contributed by atoms with Crippen LogP contribution >= 0.6 is 11.6 Å². The SMILES string of the molecule is CC1(NCc2cnc(Cl)cn2)CCNC1. The monoisotopic (exact) mass is 226 g/mol. The van der Waals surface area contributed by atoms with Crippen LogP contribution in [-0.4, -0.2) is 28.6 Å². The van der Waals surface area contributed by atoms with Gasteiger partial charge in [-0.1, -0.05) is 11.6 Å². The molecule has 1 saturated heterocycles. The Kier molecular flexibility index (Phi) is 3.19. The second-order valence-electron chi connectivity index (χ2n) is 4.17. The summed E-state index contributed by atoms with van der Waals surface area (Å²) >= 11 is 5.66. The number of nitrogens with one attached hydrogen (secondary N) is 2. The molecule has 1 aliphatic heterocycles. The van der Waals surface area contributed by atoms with Gasteiger partial charge in [0.2, 0.25) is 0 Å². The van der Waals surface area contributed by atoms with E-state index in [1.54, 1.807) is 12.4 Å². The molecule has 1 atom stereocenters. The van der Waals surface area contributed by atoms with E-state index in [1.165, 1.54) is 0 Å². The van der Waals surface area contributed by atoms with Crippen molar-refractivity contribution in [1.29, 1.82) is 0 Å². The highest BCUT2D eigenvalue weighted by Gasteiger charge is 2.27. The van der Waals surface area contributed by atoms with E-state index >= 15 is 0 Å². The van der Waals surface area contributed by atoms with Crippen LogP contribution in [0.3, 0.4) is 0 Å². The molecule has 2 rings (SSSR count). The normalized spacial score (nSPS) is 25.7. The zero-order valence-corrected chi connectivity index (χ0v) is 9.51. The fourth-order valence-corrected chi connectivity index (χ4v) is 1.80. The van der Waals surface area contributed by atoms with E-state index in [9.17, 15) is 0 Å². The summed E-state index contributed by atoms with van der Waals surface area (Å²) in [7, 11) is 0. The molecular formula is C10H15ClN4. The molecule has 2 N–H and O–H groups in total. The Morgan fingerprint density at radius 2 is 2.40 bits per heavy atom. The van der Waals surface area contributed by atoms with Crippen LogP contribution in [0.2, 0.25) is 5.15 Å². The molecule has 0 spiro atoms. The van der Waals surface area contributed by atoms with Crippen molar-refractivity contribution in [2.75, 3.05) is 13.1 Å². The summed E-state index contributed by atoms with van der Waals surface area (Å²) in [6.45, 7) is 5.04. The van der Waals surface area contributed by atoms with Crippen molar-refractivity contribution in [2.24, 2.45) is 0 Å². The molecule has 0 radical (unpaired) electrons. The molecule has 1 aromatic rings. The number of rotatable bonds is 3. The quantitative estimate of drug-likeness (QED) is 0.807. The average molecular weight is 227 g/mol. The second-order valence-corrected chi connectivity index (χ2v) is 4.56. The molecule has 15 heavy (non-hydrogen) atoms. The summed E-state index contributed by atoms with van der Waals surface area (Å²) < 4.78 is 0. The van der Waals surface area contributed by atoms with Crippen molar-refractivity contribution in [3.63, 3.8) is 0 Å². The molecule has 82 valence electrons. The molecule has 1 aromatic heterocycles. The Bertz CT molecular complexity index is 319. The summed E-state index contributed by atoms with van der Waals surface area (Å²) in [4.78, 5) is 8.19. The smallest absolute Gasteiger partial charge is 0.147 e. The number of aromatic nitrogens is 2. The molecular weight excluding hydrogens is 212 g/mol. The van der Waals surface area contributed by atoms with Gasteiger partial charge in [-0.25, -0.2) is 4.98 Å². The van der Waals surface area contributed by atoms with Gasteiger partial charge in [0.15, 0.2) is 0 Å². The van der Waals surface area contributed by atoms with Gasteiger partial charge < -0.3 is 10.6 Å². The number of hydrogen-bond donors (Lipinski definition) is 2. The van der Waals surface area contributed by atoms with Crippen LogP contribution in [-0.2, 0) is 6.54 Å². The van der Waals surface area contributed by atoms with Crippen LogP contribution < -0.4 is 10.6 Å². The van der Waals surface area contributed by atoms with Crippen LogP contribution in [0.1, 0.15) is 19.0 Å². The van der Waals surface area contributed by atoms with Gasteiger partial charge in [0, 0.05) is 18.6 Å². The molecule has 1 unspecified atom stereocenters. The predicted molar refractivity (Wildman–Crippen MR) is 59.8 cm³/mol. The molecule has 0 aliphatic carbocycles. The van der Waals surface area contributed by atoms with E-state index in [4.69, 9.17) is 11.6 Å². The van der Waals surface area contributed by atoms with Crippen molar-refractivity contribution >= 4 is 11.6 Å². The Labute approximate surface area is 94.5 Å². The lowest BCUT2D eigenvalue weighted by atomic mass is 10.0. The first-order valence-corrected chi connectivity index (χ1v) is 5.48. The van der Waals surface area contributed by atoms with E-state index in [2.05, 4.69) is 27.5 Å². The Morgan fingerprint density at radius 1 is 1.53 bits per heavy atom. The van der Waals surface area contributed by atoms with Crippen molar-refractivity contribution in [3.8, 4) is 0 Å². The van der Waals surface area contributed by atoms with Gasteiger partial charge in [-0.05, 0) is 19.9 Å². The third-order valence-electron chi connectivity index (χ3n) is 2.74. The summed E-state index contributed by atoms with van der Waals surface area (Å²) in [5, 5.41) is 7.26. The van der Waals surface area contributed by atoms with Gasteiger partial charge in [-0.2, -0.15) is 0 Å². The highest BCUT2D eigenvalue weighted by atomic mass is 35.5. The third-order valence-corrected chi connectivity index (χ3v) is 2.93. The molecule has 0 saturated carbocycles. The van der Waals surface area contributed by atoms with Crippen LogP contribution in [0, 0.1) is 0 Å². The lowest BCUT2D eigenvalue weighted by Crippen LogP contribution is -2.43. The summed E-state index contributed by atoms with van der Waals surface area (Å²) in [6, 6.07) is 0. The van der Waals surface area contributed by atoms with Gasteiger partial charge in [0.1, 0.15) is 5.15 Å². The van der Waals surface area contributed by atoms with E-state index in [1.807, 2.05) is 0 Å². The van der Waals surface area contributed by atoms with Crippen LogP contribution in [0.25, 0.3) is 0 Å². The van der Waals surface area contributed by atoms with Gasteiger partial charge in [0.05, 0.1) is 18.1 Å².